The van der Waals surface area contributed by atoms with Crippen molar-refractivity contribution in [2.75, 3.05) is 22.5 Å². The molecule has 3 aromatic rings. The molecule has 1 aromatic carbocycles. The van der Waals surface area contributed by atoms with Gasteiger partial charge in [-0.25, -0.2) is 15.0 Å². The quantitative estimate of drug-likeness (QED) is 0.763. The second-order valence-electron chi connectivity index (χ2n) is 6.19. The smallest absolute Gasteiger partial charge is 0.161 e. The van der Waals surface area contributed by atoms with Crippen LogP contribution in [0.4, 0.5) is 28.8 Å². The highest BCUT2D eigenvalue weighted by molar-refractivity contribution is 5.82. The number of hydrogen-bond acceptors (Lipinski definition) is 6. The van der Waals surface area contributed by atoms with Gasteiger partial charge in [0.25, 0.3) is 0 Å². The van der Waals surface area contributed by atoms with E-state index in [9.17, 15) is 0 Å². The van der Waals surface area contributed by atoms with Crippen molar-refractivity contribution in [3.05, 3.63) is 60.0 Å². The SMILES string of the molecule is Cc1ccc(Nc2ncnc(N3CCCc4ccccc43)c2N)nc1. The zero-order valence-corrected chi connectivity index (χ0v) is 14.1. The molecule has 0 saturated heterocycles. The van der Waals surface area contributed by atoms with Gasteiger partial charge in [-0.2, -0.15) is 0 Å². The molecular weight excluding hydrogens is 312 g/mol. The first-order valence-electron chi connectivity index (χ1n) is 8.38. The Labute approximate surface area is 146 Å². The van der Waals surface area contributed by atoms with Crippen LogP contribution in [0.1, 0.15) is 17.5 Å². The number of nitrogen functional groups attached to an aromatic ring is 1. The Morgan fingerprint density at radius 2 is 1.96 bits per heavy atom. The van der Waals surface area contributed by atoms with Crippen LogP contribution in [0.3, 0.4) is 0 Å². The average Bonchev–Trinajstić information content (AvgIpc) is 2.65. The van der Waals surface area contributed by atoms with E-state index in [1.54, 1.807) is 6.33 Å². The minimum Gasteiger partial charge on any atom is -0.393 e. The van der Waals surface area contributed by atoms with Crippen LogP contribution in [0.2, 0.25) is 0 Å². The minimum absolute atomic E-state index is 0.529. The third kappa shape index (κ3) is 2.98. The van der Waals surface area contributed by atoms with Gasteiger partial charge in [0.1, 0.15) is 17.8 Å². The highest BCUT2D eigenvalue weighted by Crippen LogP contribution is 2.37. The Morgan fingerprint density at radius 1 is 1.08 bits per heavy atom. The fourth-order valence-electron chi connectivity index (χ4n) is 3.12. The van der Waals surface area contributed by atoms with E-state index < -0.39 is 0 Å². The first-order chi connectivity index (χ1) is 12.2. The monoisotopic (exact) mass is 332 g/mol. The molecule has 0 atom stereocenters. The van der Waals surface area contributed by atoms with Crippen molar-refractivity contribution in [3.8, 4) is 0 Å². The van der Waals surface area contributed by atoms with Crippen molar-refractivity contribution in [2.24, 2.45) is 0 Å². The van der Waals surface area contributed by atoms with Gasteiger partial charge in [-0.15, -0.1) is 0 Å². The molecule has 3 N–H and O–H groups in total. The van der Waals surface area contributed by atoms with E-state index in [2.05, 4.69) is 43.4 Å². The molecule has 0 unspecified atom stereocenters. The molecular formula is C19H20N6. The minimum atomic E-state index is 0.529. The van der Waals surface area contributed by atoms with E-state index in [1.807, 2.05) is 31.3 Å². The first kappa shape index (κ1) is 15.4. The number of fused-ring (bicyclic) bond motifs is 1. The molecule has 0 saturated carbocycles. The Kier molecular flexibility index (Phi) is 3.93. The summed E-state index contributed by atoms with van der Waals surface area (Å²) in [6, 6.07) is 12.3. The molecule has 6 heteroatoms. The summed E-state index contributed by atoms with van der Waals surface area (Å²) in [6.45, 7) is 2.89. The largest absolute Gasteiger partial charge is 0.393 e. The molecule has 0 spiro atoms. The van der Waals surface area contributed by atoms with Crippen LogP contribution in [0.25, 0.3) is 0 Å². The molecule has 0 aliphatic carbocycles. The van der Waals surface area contributed by atoms with Crippen LogP contribution in [0.5, 0.6) is 0 Å². The van der Waals surface area contributed by atoms with E-state index in [-0.39, 0.29) is 0 Å². The summed E-state index contributed by atoms with van der Waals surface area (Å²) in [5, 5.41) is 3.19. The summed E-state index contributed by atoms with van der Waals surface area (Å²) < 4.78 is 0. The van der Waals surface area contributed by atoms with Gasteiger partial charge < -0.3 is 16.0 Å². The van der Waals surface area contributed by atoms with Gasteiger partial charge in [0.2, 0.25) is 0 Å². The number of nitrogens with zero attached hydrogens (tertiary/aromatic N) is 4. The van der Waals surface area contributed by atoms with Gasteiger partial charge in [0.05, 0.1) is 0 Å². The number of benzene rings is 1. The second kappa shape index (κ2) is 6.39. The molecule has 2 aromatic heterocycles. The van der Waals surface area contributed by atoms with E-state index in [0.717, 1.165) is 30.8 Å². The lowest BCUT2D eigenvalue weighted by atomic mass is 10.0. The van der Waals surface area contributed by atoms with Crippen molar-refractivity contribution >= 4 is 28.8 Å². The van der Waals surface area contributed by atoms with Crippen molar-refractivity contribution in [1.29, 1.82) is 0 Å². The Morgan fingerprint density at radius 3 is 2.80 bits per heavy atom. The lowest BCUT2D eigenvalue weighted by molar-refractivity contribution is 0.759. The number of pyridine rings is 1. The predicted octanol–water partition coefficient (Wildman–Crippen LogP) is 3.59. The molecule has 6 nitrogen and oxygen atoms in total. The van der Waals surface area contributed by atoms with E-state index in [4.69, 9.17) is 5.73 Å². The number of nitrogens with two attached hydrogens (primary N) is 1. The van der Waals surface area contributed by atoms with Crippen LogP contribution < -0.4 is 16.0 Å². The summed E-state index contributed by atoms with van der Waals surface area (Å²) in [7, 11) is 0. The normalized spacial score (nSPS) is 13.4. The predicted molar refractivity (Wildman–Crippen MR) is 100 cm³/mol. The van der Waals surface area contributed by atoms with Crippen molar-refractivity contribution < 1.29 is 0 Å². The number of anilines is 5. The summed E-state index contributed by atoms with van der Waals surface area (Å²) >= 11 is 0. The molecule has 1 aliphatic rings. The summed E-state index contributed by atoms with van der Waals surface area (Å²) in [4.78, 5) is 15.3. The fraction of sp³-hybridized carbons (Fsp3) is 0.211. The standard InChI is InChI=1S/C19H20N6/c1-13-8-9-16(21-11-13)24-18-17(20)19(23-12-22-18)25-10-4-6-14-5-2-3-7-15(14)25/h2-3,5,7-9,11-12H,4,6,10,20H2,1H3,(H,21,22,23,24). The van der Waals surface area contributed by atoms with Gasteiger partial charge >= 0.3 is 0 Å². The van der Waals surface area contributed by atoms with Gasteiger partial charge in [-0.3, -0.25) is 0 Å². The molecule has 126 valence electrons. The van der Waals surface area contributed by atoms with Gasteiger partial charge in [-0.1, -0.05) is 24.3 Å². The van der Waals surface area contributed by atoms with Crippen LogP contribution in [-0.2, 0) is 6.42 Å². The highest BCUT2D eigenvalue weighted by Gasteiger charge is 2.22. The van der Waals surface area contributed by atoms with Crippen LogP contribution in [0.15, 0.2) is 48.9 Å². The number of aryl methyl sites for hydroxylation is 2. The van der Waals surface area contributed by atoms with Gasteiger partial charge in [0.15, 0.2) is 11.6 Å². The number of hydrogen-bond donors (Lipinski definition) is 2. The average molecular weight is 332 g/mol. The maximum Gasteiger partial charge on any atom is 0.161 e. The molecule has 3 heterocycles. The van der Waals surface area contributed by atoms with Gasteiger partial charge in [-0.05, 0) is 43.0 Å². The second-order valence-corrected chi connectivity index (χ2v) is 6.19. The maximum atomic E-state index is 6.39. The molecule has 25 heavy (non-hydrogen) atoms. The lowest BCUT2D eigenvalue weighted by Crippen LogP contribution is -2.26. The molecule has 0 bridgehead atoms. The molecule has 4 rings (SSSR count). The van der Waals surface area contributed by atoms with Crippen molar-refractivity contribution in [2.45, 2.75) is 19.8 Å². The van der Waals surface area contributed by atoms with E-state index in [1.165, 1.54) is 11.3 Å². The number of rotatable bonds is 3. The van der Waals surface area contributed by atoms with Crippen LogP contribution in [0, 0.1) is 6.92 Å². The number of para-hydroxylation sites is 1. The molecule has 0 radical (unpaired) electrons. The Bertz CT molecular complexity index is 891. The van der Waals surface area contributed by atoms with Gasteiger partial charge in [0, 0.05) is 18.4 Å². The zero-order chi connectivity index (χ0) is 17.2. The Balaban J connectivity index is 1.69. The van der Waals surface area contributed by atoms with Crippen molar-refractivity contribution in [1.82, 2.24) is 15.0 Å². The summed E-state index contributed by atoms with van der Waals surface area (Å²) in [6.07, 6.45) is 5.50. The molecule has 1 aliphatic heterocycles. The third-order valence-corrected chi connectivity index (χ3v) is 4.39. The van der Waals surface area contributed by atoms with E-state index in [0.29, 0.717) is 17.3 Å². The first-order valence-corrected chi connectivity index (χ1v) is 8.38. The molecule has 0 amide bonds. The fourth-order valence-corrected chi connectivity index (χ4v) is 3.12. The topological polar surface area (TPSA) is 80.0 Å². The summed E-state index contributed by atoms with van der Waals surface area (Å²) in [5.74, 6) is 2.02. The Hall–Kier alpha value is -3.15. The van der Waals surface area contributed by atoms with Crippen molar-refractivity contribution in [3.63, 3.8) is 0 Å². The number of aromatic nitrogens is 3. The number of nitrogens with one attached hydrogen (secondary N) is 1. The maximum absolute atomic E-state index is 6.39. The zero-order valence-electron chi connectivity index (χ0n) is 14.1. The third-order valence-electron chi connectivity index (χ3n) is 4.39. The lowest BCUT2D eigenvalue weighted by Gasteiger charge is -2.31. The highest BCUT2D eigenvalue weighted by atomic mass is 15.2. The van der Waals surface area contributed by atoms with E-state index >= 15 is 0 Å². The van der Waals surface area contributed by atoms with Crippen LogP contribution >= 0.6 is 0 Å². The summed E-state index contributed by atoms with van der Waals surface area (Å²) in [5.41, 5.74) is 10.5. The molecule has 0 fully saturated rings. The van der Waals surface area contributed by atoms with Crippen LogP contribution in [-0.4, -0.2) is 21.5 Å².